The van der Waals surface area contributed by atoms with Gasteiger partial charge in [-0.15, -0.1) is 10.2 Å². The number of nitrogens with one attached hydrogen (secondary N) is 1. The minimum Gasteiger partial charge on any atom is -0.395 e. The van der Waals surface area contributed by atoms with Crippen LogP contribution in [0.5, 0.6) is 0 Å². The molecular weight excluding hydrogens is 288 g/mol. The van der Waals surface area contributed by atoms with Gasteiger partial charge in [0, 0.05) is 29.9 Å². The van der Waals surface area contributed by atoms with E-state index in [9.17, 15) is 0 Å². The highest BCUT2D eigenvalue weighted by molar-refractivity contribution is 6.34. The summed E-state index contributed by atoms with van der Waals surface area (Å²) < 4.78 is 0. The first-order valence-electron chi connectivity index (χ1n) is 7.28. The van der Waals surface area contributed by atoms with Crippen molar-refractivity contribution in [3.63, 3.8) is 0 Å². The van der Waals surface area contributed by atoms with Gasteiger partial charge in [-0.25, -0.2) is 0 Å². The number of aromatic nitrogens is 2. The zero-order valence-corrected chi connectivity index (χ0v) is 12.6. The van der Waals surface area contributed by atoms with E-state index in [1.54, 1.807) is 0 Å². The lowest BCUT2D eigenvalue weighted by molar-refractivity contribution is 0.166. The molecule has 1 aromatic heterocycles. The molecule has 0 amide bonds. The predicted molar refractivity (Wildman–Crippen MR) is 84.7 cm³/mol. The van der Waals surface area contributed by atoms with Crippen LogP contribution in [0.15, 0.2) is 24.3 Å². The Morgan fingerprint density at radius 2 is 2.10 bits per heavy atom. The Labute approximate surface area is 128 Å². The van der Waals surface area contributed by atoms with E-state index in [1.807, 2.05) is 24.3 Å². The fraction of sp³-hybridized carbons (Fsp3) is 0.467. The number of anilines is 1. The van der Waals surface area contributed by atoms with Crippen molar-refractivity contribution < 1.29 is 5.11 Å². The van der Waals surface area contributed by atoms with E-state index in [2.05, 4.69) is 20.4 Å². The van der Waals surface area contributed by atoms with E-state index in [-0.39, 0.29) is 6.61 Å². The molecule has 1 atom stereocenters. The van der Waals surface area contributed by atoms with Crippen LogP contribution in [0, 0.1) is 0 Å². The molecule has 2 N–H and O–H groups in total. The van der Waals surface area contributed by atoms with Crippen LogP contribution in [0.3, 0.4) is 0 Å². The van der Waals surface area contributed by atoms with Crippen LogP contribution in [-0.4, -0.2) is 52.5 Å². The maximum absolute atomic E-state index is 9.07. The van der Waals surface area contributed by atoms with Crippen molar-refractivity contribution in [2.24, 2.45) is 0 Å². The summed E-state index contributed by atoms with van der Waals surface area (Å²) in [5, 5.41) is 23.1. The van der Waals surface area contributed by atoms with Crippen LogP contribution in [0.25, 0.3) is 10.8 Å². The Bertz CT molecular complexity index is 620. The van der Waals surface area contributed by atoms with Crippen molar-refractivity contribution in [3.05, 3.63) is 29.4 Å². The highest BCUT2D eigenvalue weighted by Gasteiger charge is 2.20. The predicted octanol–water partition coefficient (Wildman–Crippen LogP) is 2.15. The fourth-order valence-electron chi connectivity index (χ4n) is 2.89. The molecule has 0 aliphatic carbocycles. The maximum atomic E-state index is 9.07. The minimum atomic E-state index is 0.205. The van der Waals surface area contributed by atoms with Gasteiger partial charge in [-0.3, -0.25) is 4.90 Å². The van der Waals surface area contributed by atoms with Gasteiger partial charge in [0.1, 0.15) is 0 Å². The Morgan fingerprint density at radius 1 is 1.29 bits per heavy atom. The number of likely N-dealkylation sites (tertiary alicyclic amines) is 1. The Morgan fingerprint density at radius 3 is 2.90 bits per heavy atom. The van der Waals surface area contributed by atoms with Crippen molar-refractivity contribution in [1.82, 2.24) is 15.1 Å². The fourth-order valence-corrected chi connectivity index (χ4v) is 3.09. The summed E-state index contributed by atoms with van der Waals surface area (Å²) in [4.78, 5) is 2.27. The number of β-amino-alcohol motifs (C(OH)–C–C–N with tert-alkyl or cyclic N) is 1. The van der Waals surface area contributed by atoms with Crippen molar-refractivity contribution in [1.29, 1.82) is 0 Å². The summed E-state index contributed by atoms with van der Waals surface area (Å²) in [7, 11) is 0. The molecule has 2 heterocycles. The third kappa shape index (κ3) is 3.26. The van der Waals surface area contributed by atoms with Crippen molar-refractivity contribution in [2.75, 3.05) is 31.6 Å². The molecule has 1 aliphatic rings. The minimum absolute atomic E-state index is 0.205. The van der Waals surface area contributed by atoms with Gasteiger partial charge >= 0.3 is 0 Å². The smallest absolute Gasteiger partial charge is 0.159 e. The van der Waals surface area contributed by atoms with Crippen LogP contribution in [0.2, 0.25) is 5.15 Å². The number of rotatable bonds is 4. The first kappa shape index (κ1) is 14.5. The number of aliphatic hydroxyl groups is 1. The average molecular weight is 307 g/mol. The Hall–Kier alpha value is -1.43. The van der Waals surface area contributed by atoms with Crippen molar-refractivity contribution >= 4 is 28.2 Å². The van der Waals surface area contributed by atoms with Gasteiger partial charge in [0.15, 0.2) is 11.0 Å². The molecular formula is C15H19ClN4O. The average Bonchev–Trinajstić information content (AvgIpc) is 2.51. The summed E-state index contributed by atoms with van der Waals surface area (Å²) in [6.07, 6.45) is 2.22. The molecule has 0 bridgehead atoms. The molecule has 6 heteroatoms. The van der Waals surface area contributed by atoms with Gasteiger partial charge < -0.3 is 10.4 Å². The standard InChI is InChI=1S/C15H19ClN4O/c16-14-12-5-1-2-6-13(12)15(19-18-14)17-11-4-3-7-20(10-11)8-9-21/h1-2,5-6,11,21H,3-4,7-10H2,(H,17,19). The number of nitrogens with zero attached hydrogens (tertiary/aromatic N) is 3. The number of fused-ring (bicyclic) bond motifs is 1. The molecule has 2 aromatic rings. The molecule has 0 spiro atoms. The number of aliphatic hydroxyl groups excluding tert-OH is 1. The van der Waals surface area contributed by atoms with Crippen LogP contribution < -0.4 is 5.32 Å². The van der Waals surface area contributed by atoms with Crippen LogP contribution in [-0.2, 0) is 0 Å². The van der Waals surface area contributed by atoms with Gasteiger partial charge in [0.2, 0.25) is 0 Å². The zero-order valence-electron chi connectivity index (χ0n) is 11.8. The molecule has 1 aliphatic heterocycles. The second kappa shape index (κ2) is 6.56. The number of hydrogen-bond acceptors (Lipinski definition) is 5. The SMILES string of the molecule is OCCN1CCCC(Nc2nnc(Cl)c3ccccc23)C1. The first-order valence-corrected chi connectivity index (χ1v) is 7.66. The van der Waals surface area contributed by atoms with Gasteiger partial charge in [0.25, 0.3) is 0 Å². The third-order valence-electron chi connectivity index (χ3n) is 3.90. The molecule has 1 fully saturated rings. The molecule has 1 unspecified atom stereocenters. The summed E-state index contributed by atoms with van der Waals surface area (Å²) in [5.41, 5.74) is 0. The molecule has 1 aromatic carbocycles. The number of hydrogen-bond donors (Lipinski definition) is 2. The third-order valence-corrected chi connectivity index (χ3v) is 4.18. The monoisotopic (exact) mass is 306 g/mol. The summed E-state index contributed by atoms with van der Waals surface area (Å²) in [6.45, 7) is 2.90. The van der Waals surface area contributed by atoms with Crippen LogP contribution in [0.1, 0.15) is 12.8 Å². The molecule has 0 radical (unpaired) electrons. The lowest BCUT2D eigenvalue weighted by atomic mass is 10.1. The van der Waals surface area contributed by atoms with Crippen molar-refractivity contribution in [2.45, 2.75) is 18.9 Å². The van der Waals surface area contributed by atoms with E-state index in [4.69, 9.17) is 16.7 Å². The van der Waals surface area contributed by atoms with E-state index in [1.165, 1.54) is 0 Å². The molecule has 0 saturated carbocycles. The van der Waals surface area contributed by atoms with Crippen molar-refractivity contribution in [3.8, 4) is 0 Å². The Balaban J connectivity index is 1.80. The Kier molecular flexibility index (Phi) is 4.53. The maximum Gasteiger partial charge on any atom is 0.159 e. The zero-order chi connectivity index (χ0) is 14.7. The second-order valence-corrected chi connectivity index (χ2v) is 5.75. The van der Waals surface area contributed by atoms with Gasteiger partial charge in [-0.2, -0.15) is 0 Å². The van der Waals surface area contributed by atoms with E-state index in [0.717, 1.165) is 49.1 Å². The number of benzene rings is 1. The molecule has 112 valence electrons. The summed E-state index contributed by atoms with van der Waals surface area (Å²) in [5.74, 6) is 0.783. The van der Waals surface area contributed by atoms with Gasteiger partial charge in [0.05, 0.1) is 6.61 Å². The number of piperidine rings is 1. The van der Waals surface area contributed by atoms with Crippen LogP contribution in [0.4, 0.5) is 5.82 Å². The largest absolute Gasteiger partial charge is 0.395 e. The summed E-state index contributed by atoms with van der Waals surface area (Å²) in [6, 6.07) is 8.21. The first-order chi connectivity index (χ1) is 10.3. The van der Waals surface area contributed by atoms with Gasteiger partial charge in [-0.1, -0.05) is 35.9 Å². The highest BCUT2D eigenvalue weighted by Crippen LogP contribution is 2.26. The highest BCUT2D eigenvalue weighted by atomic mass is 35.5. The molecule has 5 nitrogen and oxygen atoms in total. The molecule has 3 rings (SSSR count). The lowest BCUT2D eigenvalue weighted by Gasteiger charge is -2.33. The normalized spacial score (nSPS) is 19.8. The topological polar surface area (TPSA) is 61.3 Å². The van der Waals surface area contributed by atoms with E-state index >= 15 is 0 Å². The molecule has 1 saturated heterocycles. The van der Waals surface area contributed by atoms with Gasteiger partial charge in [-0.05, 0) is 19.4 Å². The lowest BCUT2D eigenvalue weighted by Crippen LogP contribution is -2.43. The van der Waals surface area contributed by atoms with E-state index < -0.39 is 0 Å². The molecule has 21 heavy (non-hydrogen) atoms. The van der Waals surface area contributed by atoms with Crippen LogP contribution >= 0.6 is 11.6 Å². The number of halogens is 1. The van der Waals surface area contributed by atoms with E-state index in [0.29, 0.717) is 11.2 Å². The summed E-state index contributed by atoms with van der Waals surface area (Å²) >= 11 is 6.10. The second-order valence-electron chi connectivity index (χ2n) is 5.39. The quantitative estimate of drug-likeness (QED) is 0.906.